The molecule has 1 fully saturated rings. The molecule has 0 spiro atoms. The lowest BCUT2D eigenvalue weighted by molar-refractivity contribution is -0.141. The largest absolute Gasteiger partial charge is 0.481 e. The lowest BCUT2D eigenvalue weighted by Gasteiger charge is -2.28. The topological polar surface area (TPSA) is 81.1 Å². The summed E-state index contributed by atoms with van der Waals surface area (Å²) in [5.74, 6) is -1.49. The molecule has 0 saturated carbocycles. The van der Waals surface area contributed by atoms with Gasteiger partial charge in [0.15, 0.2) is 0 Å². The van der Waals surface area contributed by atoms with Gasteiger partial charge in [-0.15, -0.1) is 0 Å². The molecule has 2 atom stereocenters. The Bertz CT molecular complexity index is 330. The molecule has 6 nitrogen and oxygen atoms in total. The van der Waals surface area contributed by atoms with E-state index in [-0.39, 0.29) is 12.6 Å². The number of β-amino-alcohol motifs (C(OH)–C–C–N with tert-alkyl or cyclic N) is 1. The van der Waals surface area contributed by atoms with Crippen LogP contribution in [0.25, 0.3) is 0 Å². The number of nitrogens with zero attached hydrogens (tertiary/aromatic N) is 2. The fourth-order valence-corrected chi connectivity index (χ4v) is 2.06. The van der Waals surface area contributed by atoms with E-state index >= 15 is 0 Å². The van der Waals surface area contributed by atoms with Crippen molar-refractivity contribution in [3.8, 4) is 0 Å². The van der Waals surface area contributed by atoms with E-state index in [0.29, 0.717) is 26.1 Å². The van der Waals surface area contributed by atoms with Gasteiger partial charge in [0.1, 0.15) is 0 Å². The van der Waals surface area contributed by atoms with Crippen LogP contribution in [0, 0.1) is 5.92 Å². The van der Waals surface area contributed by atoms with Gasteiger partial charge in [-0.1, -0.05) is 6.92 Å². The molecule has 0 radical (unpaired) electrons. The van der Waals surface area contributed by atoms with Crippen LogP contribution in [-0.2, 0) is 4.79 Å². The predicted molar refractivity (Wildman–Crippen MR) is 66.3 cm³/mol. The van der Waals surface area contributed by atoms with Crippen LogP contribution in [0.3, 0.4) is 0 Å². The van der Waals surface area contributed by atoms with Gasteiger partial charge in [0.05, 0.1) is 18.1 Å². The van der Waals surface area contributed by atoms with Crippen LogP contribution >= 0.6 is 0 Å². The number of aliphatic hydroxyl groups is 1. The summed E-state index contributed by atoms with van der Waals surface area (Å²) < 4.78 is 0. The van der Waals surface area contributed by atoms with Gasteiger partial charge in [0.25, 0.3) is 0 Å². The van der Waals surface area contributed by atoms with Gasteiger partial charge in [-0.2, -0.15) is 0 Å². The second-order valence-corrected chi connectivity index (χ2v) is 5.23. The van der Waals surface area contributed by atoms with Crippen molar-refractivity contribution < 1.29 is 19.8 Å². The van der Waals surface area contributed by atoms with E-state index in [4.69, 9.17) is 5.11 Å². The van der Waals surface area contributed by atoms with Crippen LogP contribution in [-0.4, -0.2) is 63.8 Å². The molecular formula is C12H22N2O4. The number of aliphatic carboxylic acids is 1. The first-order chi connectivity index (χ1) is 8.26. The number of carbonyl (C=O) groups excluding carboxylic acids is 1. The first kappa shape index (κ1) is 14.8. The normalized spacial score (nSPS) is 25.0. The zero-order valence-corrected chi connectivity index (χ0v) is 11.2. The van der Waals surface area contributed by atoms with E-state index < -0.39 is 17.5 Å². The second kappa shape index (κ2) is 5.56. The maximum absolute atomic E-state index is 12.2. The maximum Gasteiger partial charge on any atom is 0.320 e. The first-order valence-electron chi connectivity index (χ1n) is 6.26. The zero-order valence-electron chi connectivity index (χ0n) is 11.2. The van der Waals surface area contributed by atoms with Gasteiger partial charge in [0.2, 0.25) is 0 Å². The third kappa shape index (κ3) is 3.60. The smallest absolute Gasteiger partial charge is 0.320 e. The highest BCUT2D eigenvalue weighted by atomic mass is 16.4. The Labute approximate surface area is 107 Å². The number of rotatable bonds is 4. The second-order valence-electron chi connectivity index (χ2n) is 5.23. The van der Waals surface area contributed by atoms with Gasteiger partial charge >= 0.3 is 12.0 Å². The highest BCUT2D eigenvalue weighted by Crippen LogP contribution is 2.21. The summed E-state index contributed by atoms with van der Waals surface area (Å²) in [4.78, 5) is 26.1. The summed E-state index contributed by atoms with van der Waals surface area (Å²) >= 11 is 0. The van der Waals surface area contributed by atoms with Gasteiger partial charge in [0, 0.05) is 19.6 Å². The van der Waals surface area contributed by atoms with Crippen molar-refractivity contribution in [1.82, 2.24) is 9.80 Å². The van der Waals surface area contributed by atoms with Gasteiger partial charge in [-0.3, -0.25) is 4.79 Å². The van der Waals surface area contributed by atoms with Crippen LogP contribution < -0.4 is 0 Å². The zero-order chi connectivity index (χ0) is 13.9. The van der Waals surface area contributed by atoms with Crippen molar-refractivity contribution in [2.45, 2.75) is 32.8 Å². The molecule has 1 heterocycles. The van der Waals surface area contributed by atoms with Crippen molar-refractivity contribution in [2.24, 2.45) is 5.92 Å². The molecule has 6 heteroatoms. The van der Waals surface area contributed by atoms with Crippen LogP contribution in [0.15, 0.2) is 0 Å². The molecule has 0 aromatic rings. The number of amides is 2. The van der Waals surface area contributed by atoms with E-state index in [1.54, 1.807) is 18.7 Å². The van der Waals surface area contributed by atoms with Gasteiger partial charge in [-0.05, 0) is 20.3 Å². The molecule has 2 unspecified atom stereocenters. The fourth-order valence-electron chi connectivity index (χ4n) is 2.06. The average molecular weight is 258 g/mol. The van der Waals surface area contributed by atoms with Crippen LogP contribution in [0.2, 0.25) is 0 Å². The highest BCUT2D eigenvalue weighted by Gasteiger charge is 2.35. The number of carboxylic acid groups (broad SMARTS) is 1. The molecular weight excluding hydrogens is 236 g/mol. The first-order valence-corrected chi connectivity index (χ1v) is 6.26. The Kier molecular flexibility index (Phi) is 4.56. The summed E-state index contributed by atoms with van der Waals surface area (Å²) in [6.07, 6.45) is 0.560. The minimum absolute atomic E-state index is 0.191. The van der Waals surface area contributed by atoms with Crippen molar-refractivity contribution in [2.75, 3.05) is 26.2 Å². The summed E-state index contributed by atoms with van der Waals surface area (Å²) in [5.41, 5.74) is -0.826. The molecule has 18 heavy (non-hydrogen) atoms. The maximum atomic E-state index is 12.2. The minimum Gasteiger partial charge on any atom is -0.481 e. The average Bonchev–Trinajstić information content (AvgIpc) is 2.65. The van der Waals surface area contributed by atoms with Crippen molar-refractivity contribution >= 4 is 12.0 Å². The molecule has 0 aromatic carbocycles. The minimum atomic E-state index is -0.908. The predicted octanol–water partition coefficient (Wildman–Crippen LogP) is 0.606. The highest BCUT2D eigenvalue weighted by molar-refractivity contribution is 5.76. The quantitative estimate of drug-likeness (QED) is 0.774. The molecule has 104 valence electrons. The number of carbonyl (C=O) groups is 2. The van der Waals surface area contributed by atoms with E-state index in [1.807, 2.05) is 6.92 Å². The Morgan fingerprint density at radius 3 is 2.50 bits per heavy atom. The van der Waals surface area contributed by atoms with E-state index in [9.17, 15) is 14.7 Å². The van der Waals surface area contributed by atoms with Crippen LogP contribution in [0.1, 0.15) is 27.2 Å². The summed E-state index contributed by atoms with van der Waals surface area (Å²) in [6.45, 7) is 6.60. The van der Waals surface area contributed by atoms with Crippen LogP contribution in [0.4, 0.5) is 4.79 Å². The summed E-state index contributed by atoms with van der Waals surface area (Å²) in [5, 5.41) is 18.7. The standard InChI is InChI=1S/C12H22N2O4/c1-4-13(7-9(2)10(15)16)11(17)14-6-5-12(3,18)8-14/h9,18H,4-8H2,1-3H3,(H,15,16). The Hall–Kier alpha value is -1.30. The Morgan fingerprint density at radius 1 is 1.50 bits per heavy atom. The van der Waals surface area contributed by atoms with Gasteiger partial charge < -0.3 is 20.0 Å². The van der Waals surface area contributed by atoms with Gasteiger partial charge in [-0.25, -0.2) is 4.79 Å². The molecule has 1 rings (SSSR count). The molecule has 1 saturated heterocycles. The number of carboxylic acids is 1. The molecule has 1 aliphatic heterocycles. The summed E-state index contributed by atoms with van der Waals surface area (Å²) in [7, 11) is 0. The third-order valence-corrected chi connectivity index (χ3v) is 3.29. The Morgan fingerprint density at radius 2 is 2.11 bits per heavy atom. The van der Waals surface area contributed by atoms with E-state index in [0.717, 1.165) is 0 Å². The molecule has 1 aliphatic rings. The fraction of sp³-hybridized carbons (Fsp3) is 0.833. The van der Waals surface area contributed by atoms with Crippen molar-refractivity contribution in [1.29, 1.82) is 0 Å². The van der Waals surface area contributed by atoms with Crippen LogP contribution in [0.5, 0.6) is 0 Å². The lowest BCUT2D eigenvalue weighted by atomic mass is 10.1. The van der Waals surface area contributed by atoms with Crippen molar-refractivity contribution in [3.05, 3.63) is 0 Å². The molecule has 2 N–H and O–H groups in total. The third-order valence-electron chi connectivity index (χ3n) is 3.29. The Balaban J connectivity index is 2.60. The summed E-state index contributed by atoms with van der Waals surface area (Å²) in [6, 6.07) is -0.191. The number of urea groups is 1. The number of likely N-dealkylation sites (tertiary alicyclic amines) is 1. The van der Waals surface area contributed by atoms with Crippen molar-refractivity contribution in [3.63, 3.8) is 0 Å². The number of hydrogen-bond acceptors (Lipinski definition) is 3. The van der Waals surface area contributed by atoms with E-state index in [2.05, 4.69) is 0 Å². The lowest BCUT2D eigenvalue weighted by Crippen LogP contribution is -2.45. The molecule has 0 bridgehead atoms. The van der Waals surface area contributed by atoms with E-state index in [1.165, 1.54) is 4.90 Å². The molecule has 2 amide bonds. The molecule has 0 aliphatic carbocycles. The SMILES string of the molecule is CCN(CC(C)C(=O)O)C(=O)N1CCC(C)(O)C1. The molecule has 0 aromatic heterocycles. The number of hydrogen-bond donors (Lipinski definition) is 2. The monoisotopic (exact) mass is 258 g/mol.